The maximum Gasteiger partial charge on any atom is 0.243 e. The van der Waals surface area contributed by atoms with E-state index in [1.165, 1.54) is 11.3 Å². The van der Waals surface area contributed by atoms with E-state index in [4.69, 9.17) is 28.7 Å². The predicted octanol–water partition coefficient (Wildman–Crippen LogP) is -0.695. The summed E-state index contributed by atoms with van der Waals surface area (Å²) in [6, 6.07) is 0.863. The van der Waals surface area contributed by atoms with Crippen LogP contribution in [0.2, 0.25) is 0 Å². The van der Waals surface area contributed by atoms with Crippen LogP contribution in [0.15, 0.2) is 34.0 Å². The molecule has 0 radical (unpaired) electrons. The molecule has 0 spiro atoms. The van der Waals surface area contributed by atoms with Crippen molar-refractivity contribution in [3.63, 3.8) is 0 Å². The minimum absolute atomic E-state index is 0.0649. The number of phenolic OH excluding ortho intramolecular Hbond substituents is 1. The highest BCUT2D eigenvalue weighted by Gasteiger charge is 2.30. The lowest BCUT2D eigenvalue weighted by atomic mass is 9.95. The molecule has 2 rings (SSSR count). The van der Waals surface area contributed by atoms with Crippen molar-refractivity contribution in [1.82, 2.24) is 16.0 Å². The highest BCUT2D eigenvalue weighted by Crippen LogP contribution is 2.22. The van der Waals surface area contributed by atoms with Gasteiger partial charge in [0, 0.05) is 19.4 Å². The molecule has 1 aromatic carbocycles. The lowest BCUT2D eigenvalue weighted by molar-refractivity contribution is -0.133. The molecule has 2 aromatic rings. The molecule has 0 saturated heterocycles. The van der Waals surface area contributed by atoms with Gasteiger partial charge in [0.2, 0.25) is 23.6 Å². The third-order valence-corrected chi connectivity index (χ3v) is 8.02. The van der Waals surface area contributed by atoms with Crippen LogP contribution in [-0.4, -0.2) is 72.0 Å². The first-order chi connectivity index (χ1) is 21.3. The van der Waals surface area contributed by atoms with Crippen LogP contribution in [-0.2, 0) is 32.0 Å². The number of aryl methyl sites for hydroxylation is 2. The number of aliphatic imine (C=N–C) groups is 1. The summed E-state index contributed by atoms with van der Waals surface area (Å²) in [7, 11) is 0. The highest BCUT2D eigenvalue weighted by atomic mass is 32.1. The number of unbranched alkanes of at least 4 members (excludes halogenated alkanes) is 1. The van der Waals surface area contributed by atoms with Crippen LogP contribution in [0.4, 0.5) is 0 Å². The number of amides is 4. The molecule has 45 heavy (non-hydrogen) atoms. The molecule has 14 N–H and O–H groups in total. The Morgan fingerprint density at radius 3 is 2.07 bits per heavy atom. The average molecular weight is 646 g/mol. The first-order valence-corrected chi connectivity index (χ1v) is 15.8. The molecule has 1 aromatic heterocycles. The molecule has 0 aliphatic carbocycles. The molecule has 0 unspecified atom stereocenters. The summed E-state index contributed by atoms with van der Waals surface area (Å²) in [6.45, 7) is 4.25. The number of primary amides is 1. The number of nitrogens with two attached hydrogens (primary N) is 5. The number of benzene rings is 1. The van der Waals surface area contributed by atoms with Crippen molar-refractivity contribution >= 4 is 40.9 Å². The number of carbonyl (C=O) groups is 4. The fourth-order valence-electron chi connectivity index (χ4n) is 4.81. The summed E-state index contributed by atoms with van der Waals surface area (Å²) in [5.41, 5.74) is 31.1. The van der Waals surface area contributed by atoms with E-state index in [2.05, 4.69) is 20.9 Å². The lowest BCUT2D eigenvalue weighted by Crippen LogP contribution is -2.58. The minimum atomic E-state index is -1.12. The first kappa shape index (κ1) is 37.0. The smallest absolute Gasteiger partial charge is 0.243 e. The van der Waals surface area contributed by atoms with Crippen LogP contribution < -0.4 is 44.6 Å². The second kappa shape index (κ2) is 18.6. The van der Waals surface area contributed by atoms with E-state index in [-0.39, 0.29) is 43.9 Å². The molecule has 14 nitrogen and oxygen atoms in total. The number of guanidine groups is 1. The van der Waals surface area contributed by atoms with E-state index in [1.807, 2.05) is 16.8 Å². The average Bonchev–Trinajstić information content (AvgIpc) is 3.48. The number of hydrogen-bond donors (Lipinski definition) is 9. The van der Waals surface area contributed by atoms with E-state index in [1.54, 1.807) is 26.0 Å². The van der Waals surface area contributed by atoms with Crippen LogP contribution >= 0.6 is 11.3 Å². The first-order valence-electron chi connectivity index (χ1n) is 14.8. The molecule has 0 aliphatic heterocycles. The summed E-state index contributed by atoms with van der Waals surface area (Å²) in [4.78, 5) is 56.4. The molecule has 4 atom stereocenters. The van der Waals surface area contributed by atoms with E-state index in [0.29, 0.717) is 25.8 Å². The number of nitrogens with one attached hydrogen (secondary N) is 3. The molecule has 0 saturated carbocycles. The van der Waals surface area contributed by atoms with Gasteiger partial charge in [0.1, 0.15) is 23.9 Å². The van der Waals surface area contributed by atoms with Gasteiger partial charge in [-0.25, -0.2) is 0 Å². The summed E-state index contributed by atoms with van der Waals surface area (Å²) in [6.07, 6.45) is 2.33. The van der Waals surface area contributed by atoms with Crippen molar-refractivity contribution in [1.29, 1.82) is 0 Å². The van der Waals surface area contributed by atoms with Gasteiger partial charge in [-0.05, 0) is 104 Å². The van der Waals surface area contributed by atoms with Gasteiger partial charge in [-0.3, -0.25) is 24.2 Å². The lowest BCUT2D eigenvalue weighted by Gasteiger charge is -2.26. The maximum atomic E-state index is 13.8. The van der Waals surface area contributed by atoms with Gasteiger partial charge in [0.15, 0.2) is 5.96 Å². The zero-order chi connectivity index (χ0) is 33.5. The number of nitrogens with zero attached hydrogens (tertiary/aromatic N) is 1. The second-order valence-electron chi connectivity index (χ2n) is 11.0. The fraction of sp³-hybridized carbons (Fsp3) is 0.500. The van der Waals surface area contributed by atoms with Crippen LogP contribution in [0, 0.1) is 13.8 Å². The third-order valence-electron chi connectivity index (χ3n) is 7.29. The SMILES string of the molecule is Cc1cc(O)cc(C)c1C[C@H](NC(=O)[C@H](N)CCCN=C(N)N)C(=O)N[C@@H](CCCCN)C(=O)N[C@@H](Cc1ccsc1)C(N)=O. The van der Waals surface area contributed by atoms with Crippen molar-refractivity contribution in [3.8, 4) is 5.75 Å². The van der Waals surface area contributed by atoms with E-state index < -0.39 is 47.8 Å². The Balaban J connectivity index is 2.29. The largest absolute Gasteiger partial charge is 0.508 e. The molecular weight excluding hydrogens is 598 g/mol. The van der Waals surface area contributed by atoms with Gasteiger partial charge in [-0.1, -0.05) is 0 Å². The number of rotatable bonds is 19. The van der Waals surface area contributed by atoms with Crippen molar-refractivity contribution in [3.05, 3.63) is 51.2 Å². The molecule has 0 aliphatic rings. The minimum Gasteiger partial charge on any atom is -0.508 e. The summed E-state index contributed by atoms with van der Waals surface area (Å²) >= 11 is 1.45. The standard InChI is InChI=1S/C30H47N9O5S/c1-17-12-20(40)13-18(2)21(17)15-25(39-27(42)22(32)6-5-10-36-30(34)35)29(44)37-23(7-3-4-9-31)28(43)38-24(26(33)41)14-19-8-11-45-16-19/h8,11-13,16,22-25,40H,3-7,9-10,14-15,31-32H2,1-2H3,(H2,33,41)(H,37,44)(H,38,43)(H,39,42)(H4,34,35,36)/t22-,23+,24+,25+/m1/s1. The van der Waals surface area contributed by atoms with Crippen molar-refractivity contribution in [2.45, 2.75) is 83.0 Å². The maximum absolute atomic E-state index is 13.8. The Kier molecular flexibility index (Phi) is 15.3. The summed E-state index contributed by atoms with van der Waals surface area (Å²) in [5, 5.41) is 21.9. The number of hydrogen-bond acceptors (Lipinski definition) is 9. The molecule has 0 fully saturated rings. The number of thiophene rings is 1. The van der Waals surface area contributed by atoms with Gasteiger partial charge >= 0.3 is 0 Å². The Morgan fingerprint density at radius 1 is 0.867 bits per heavy atom. The normalized spacial score (nSPS) is 13.6. The Hall–Kier alpha value is -4.21. The Bertz CT molecular complexity index is 1290. The monoisotopic (exact) mass is 645 g/mol. The van der Waals surface area contributed by atoms with Gasteiger partial charge in [0.25, 0.3) is 0 Å². The van der Waals surface area contributed by atoms with Gasteiger partial charge in [-0.15, -0.1) is 0 Å². The quantitative estimate of drug-likeness (QED) is 0.0530. The van der Waals surface area contributed by atoms with E-state index >= 15 is 0 Å². The van der Waals surface area contributed by atoms with E-state index in [9.17, 15) is 24.3 Å². The second-order valence-corrected chi connectivity index (χ2v) is 11.8. The molecule has 0 bridgehead atoms. The number of aromatic hydroxyl groups is 1. The predicted molar refractivity (Wildman–Crippen MR) is 175 cm³/mol. The van der Waals surface area contributed by atoms with Gasteiger partial charge < -0.3 is 49.7 Å². The Morgan fingerprint density at radius 2 is 1.49 bits per heavy atom. The van der Waals surface area contributed by atoms with Gasteiger partial charge in [0.05, 0.1) is 6.04 Å². The fourth-order valence-corrected chi connectivity index (χ4v) is 5.49. The molecular formula is C30H47N9O5S. The number of carbonyl (C=O) groups excluding carboxylic acids is 4. The molecule has 1 heterocycles. The molecule has 4 amide bonds. The van der Waals surface area contributed by atoms with Crippen LogP contribution in [0.5, 0.6) is 5.75 Å². The third kappa shape index (κ3) is 12.7. The van der Waals surface area contributed by atoms with Crippen LogP contribution in [0.1, 0.15) is 54.4 Å². The zero-order valence-electron chi connectivity index (χ0n) is 25.9. The van der Waals surface area contributed by atoms with Crippen molar-refractivity contribution in [2.75, 3.05) is 13.1 Å². The molecule has 15 heteroatoms. The summed E-state index contributed by atoms with van der Waals surface area (Å²) in [5.74, 6) is -2.48. The Labute approximate surface area is 267 Å². The van der Waals surface area contributed by atoms with Gasteiger partial charge in [-0.2, -0.15) is 11.3 Å². The van der Waals surface area contributed by atoms with E-state index in [0.717, 1.165) is 22.3 Å². The van der Waals surface area contributed by atoms with Crippen molar-refractivity contribution < 1.29 is 24.3 Å². The topological polar surface area (TPSA) is 267 Å². The zero-order valence-corrected chi connectivity index (χ0v) is 26.7. The van der Waals surface area contributed by atoms with Crippen molar-refractivity contribution in [2.24, 2.45) is 33.7 Å². The number of phenols is 1. The van der Waals surface area contributed by atoms with Crippen LogP contribution in [0.3, 0.4) is 0 Å². The highest BCUT2D eigenvalue weighted by molar-refractivity contribution is 7.07. The summed E-state index contributed by atoms with van der Waals surface area (Å²) < 4.78 is 0. The molecule has 248 valence electrons. The van der Waals surface area contributed by atoms with Crippen LogP contribution in [0.25, 0.3) is 0 Å².